The predicted octanol–water partition coefficient (Wildman–Crippen LogP) is -0.00520. The van der Waals surface area contributed by atoms with E-state index < -0.39 is 18.0 Å². The van der Waals surface area contributed by atoms with Crippen molar-refractivity contribution >= 4 is 12.0 Å². The molecule has 0 saturated carbocycles. The molecule has 2 amide bonds. The topological polar surface area (TPSA) is 81.4 Å². The molecular weight excluding hydrogens is 160 g/mol. The van der Waals surface area contributed by atoms with Crippen molar-refractivity contribution in [3.8, 4) is 0 Å². The number of urea groups is 1. The van der Waals surface area contributed by atoms with Crippen molar-refractivity contribution < 1.29 is 14.3 Å². The van der Waals surface area contributed by atoms with Gasteiger partial charge in [0.15, 0.2) is 0 Å². The van der Waals surface area contributed by atoms with E-state index in [1.54, 1.807) is 13.8 Å². The summed E-state index contributed by atoms with van der Waals surface area (Å²) in [5.74, 6) is -0.483. The maximum atomic E-state index is 11.0. The average Bonchev–Trinajstić information content (AvgIpc) is 1.84. The van der Waals surface area contributed by atoms with Crippen LogP contribution in [0.3, 0.4) is 0 Å². The Morgan fingerprint density at radius 1 is 1.33 bits per heavy atom. The molecule has 0 aliphatic carbocycles. The summed E-state index contributed by atoms with van der Waals surface area (Å²) in [5.41, 5.74) is 4.80. The lowest BCUT2D eigenvalue weighted by Crippen LogP contribution is -2.43. The number of carbonyl (C=O) groups excluding carboxylic acids is 2. The zero-order valence-electron chi connectivity index (χ0n) is 7.46. The molecule has 0 rings (SSSR count). The van der Waals surface area contributed by atoms with Crippen LogP contribution in [0.25, 0.3) is 0 Å². The lowest BCUT2D eigenvalue weighted by molar-refractivity contribution is -0.149. The molecule has 0 radical (unpaired) electrons. The van der Waals surface area contributed by atoms with Gasteiger partial charge in [-0.2, -0.15) is 0 Å². The van der Waals surface area contributed by atoms with E-state index in [2.05, 4.69) is 5.32 Å². The lowest BCUT2D eigenvalue weighted by Gasteiger charge is -2.13. The minimum absolute atomic E-state index is 0.186. The van der Waals surface area contributed by atoms with Crippen LogP contribution in [-0.4, -0.2) is 24.1 Å². The molecule has 0 spiro atoms. The van der Waals surface area contributed by atoms with Crippen molar-refractivity contribution in [1.82, 2.24) is 5.32 Å². The van der Waals surface area contributed by atoms with Gasteiger partial charge in [0, 0.05) is 0 Å². The number of ether oxygens (including phenoxy) is 1. The summed E-state index contributed by atoms with van der Waals surface area (Å²) in [6.07, 6.45) is -0.186. The highest BCUT2D eigenvalue weighted by Gasteiger charge is 2.16. The Kier molecular flexibility index (Phi) is 4.10. The Morgan fingerprint density at radius 3 is 2.17 bits per heavy atom. The average molecular weight is 174 g/mol. The van der Waals surface area contributed by atoms with E-state index in [9.17, 15) is 9.59 Å². The molecule has 12 heavy (non-hydrogen) atoms. The van der Waals surface area contributed by atoms with Gasteiger partial charge < -0.3 is 15.8 Å². The molecule has 0 bridgehead atoms. The number of esters is 1. The minimum Gasteiger partial charge on any atom is -0.461 e. The summed E-state index contributed by atoms with van der Waals surface area (Å²) in [5, 5.41) is 2.21. The summed E-state index contributed by atoms with van der Waals surface area (Å²) in [7, 11) is 0. The molecule has 5 heteroatoms. The van der Waals surface area contributed by atoms with Gasteiger partial charge in [0.2, 0.25) is 0 Å². The quantitative estimate of drug-likeness (QED) is 0.590. The summed E-state index contributed by atoms with van der Waals surface area (Å²) in [4.78, 5) is 21.3. The minimum atomic E-state index is -0.733. The highest BCUT2D eigenvalue weighted by Crippen LogP contribution is 1.93. The standard InChI is InChI=1S/C7H14N2O3/c1-4(2)12-6(10)5(3)9-7(8)11/h4-5H,1-3H3,(H3,8,9,11). The van der Waals surface area contributed by atoms with Crippen LogP contribution in [0.4, 0.5) is 4.79 Å². The first-order valence-electron chi connectivity index (χ1n) is 3.70. The normalized spacial score (nSPS) is 12.3. The van der Waals surface area contributed by atoms with E-state index in [0.717, 1.165) is 0 Å². The van der Waals surface area contributed by atoms with Crippen LogP contribution < -0.4 is 11.1 Å². The Bertz CT molecular complexity index is 179. The molecule has 0 aromatic rings. The second kappa shape index (κ2) is 4.58. The molecule has 0 aliphatic rings. The molecule has 0 aliphatic heterocycles. The molecule has 5 nitrogen and oxygen atoms in total. The van der Waals surface area contributed by atoms with Crippen LogP contribution >= 0.6 is 0 Å². The van der Waals surface area contributed by atoms with Crippen molar-refractivity contribution in [3.63, 3.8) is 0 Å². The summed E-state index contributed by atoms with van der Waals surface area (Å²) in [6.45, 7) is 4.97. The SMILES string of the molecule is CC(C)OC(=O)C(C)NC(N)=O. The van der Waals surface area contributed by atoms with E-state index in [0.29, 0.717) is 0 Å². The van der Waals surface area contributed by atoms with Crippen molar-refractivity contribution in [3.05, 3.63) is 0 Å². The summed E-state index contributed by atoms with van der Waals surface area (Å²) < 4.78 is 4.80. The largest absolute Gasteiger partial charge is 0.461 e. The third kappa shape index (κ3) is 4.54. The number of rotatable bonds is 3. The molecule has 0 heterocycles. The van der Waals surface area contributed by atoms with Crippen molar-refractivity contribution in [1.29, 1.82) is 0 Å². The van der Waals surface area contributed by atoms with E-state index in [-0.39, 0.29) is 6.10 Å². The second-order valence-corrected chi connectivity index (χ2v) is 2.72. The van der Waals surface area contributed by atoms with Gasteiger partial charge in [0.05, 0.1) is 6.10 Å². The van der Waals surface area contributed by atoms with Crippen LogP contribution in [0.2, 0.25) is 0 Å². The highest BCUT2D eigenvalue weighted by molar-refractivity contribution is 5.82. The molecule has 1 atom stereocenters. The van der Waals surface area contributed by atoms with E-state index >= 15 is 0 Å². The molecule has 0 fully saturated rings. The third-order valence-corrected chi connectivity index (χ3v) is 1.06. The van der Waals surface area contributed by atoms with Crippen LogP contribution in [0.1, 0.15) is 20.8 Å². The van der Waals surface area contributed by atoms with Crippen molar-refractivity contribution in [2.75, 3.05) is 0 Å². The van der Waals surface area contributed by atoms with Gasteiger partial charge in [-0.1, -0.05) is 0 Å². The number of nitrogens with two attached hydrogens (primary N) is 1. The van der Waals surface area contributed by atoms with Gasteiger partial charge in [0.25, 0.3) is 0 Å². The Labute approximate surface area is 71.3 Å². The zero-order valence-corrected chi connectivity index (χ0v) is 7.46. The first-order chi connectivity index (χ1) is 5.43. The molecular formula is C7H14N2O3. The van der Waals surface area contributed by atoms with Gasteiger partial charge in [-0.15, -0.1) is 0 Å². The maximum absolute atomic E-state index is 11.0. The van der Waals surface area contributed by atoms with Gasteiger partial charge >= 0.3 is 12.0 Å². The Hall–Kier alpha value is -1.26. The van der Waals surface area contributed by atoms with Crippen LogP contribution in [-0.2, 0) is 9.53 Å². The van der Waals surface area contributed by atoms with E-state index in [4.69, 9.17) is 10.5 Å². The highest BCUT2D eigenvalue weighted by atomic mass is 16.5. The van der Waals surface area contributed by atoms with Crippen LogP contribution in [0.15, 0.2) is 0 Å². The van der Waals surface area contributed by atoms with Crippen molar-refractivity contribution in [2.24, 2.45) is 5.73 Å². The van der Waals surface area contributed by atoms with Crippen molar-refractivity contribution in [2.45, 2.75) is 32.9 Å². The molecule has 0 saturated heterocycles. The van der Waals surface area contributed by atoms with E-state index in [1.807, 2.05) is 0 Å². The molecule has 70 valence electrons. The summed E-state index contributed by atoms with van der Waals surface area (Å²) in [6, 6.07) is -1.42. The molecule has 3 N–H and O–H groups in total. The van der Waals surface area contributed by atoms with Gasteiger partial charge in [-0.25, -0.2) is 9.59 Å². The second-order valence-electron chi connectivity index (χ2n) is 2.72. The number of amides is 2. The maximum Gasteiger partial charge on any atom is 0.328 e. The Balaban J connectivity index is 3.85. The monoisotopic (exact) mass is 174 g/mol. The number of nitrogens with one attached hydrogen (secondary N) is 1. The van der Waals surface area contributed by atoms with Crippen LogP contribution in [0, 0.1) is 0 Å². The number of carbonyl (C=O) groups is 2. The smallest absolute Gasteiger partial charge is 0.328 e. The number of hydrogen-bond acceptors (Lipinski definition) is 3. The third-order valence-electron chi connectivity index (χ3n) is 1.06. The number of primary amides is 1. The van der Waals surface area contributed by atoms with E-state index in [1.165, 1.54) is 6.92 Å². The number of hydrogen-bond donors (Lipinski definition) is 2. The lowest BCUT2D eigenvalue weighted by atomic mass is 10.3. The Morgan fingerprint density at radius 2 is 1.83 bits per heavy atom. The fourth-order valence-electron chi connectivity index (χ4n) is 0.607. The van der Waals surface area contributed by atoms with Crippen LogP contribution in [0.5, 0.6) is 0 Å². The molecule has 1 unspecified atom stereocenters. The molecule has 0 aromatic heterocycles. The first-order valence-corrected chi connectivity index (χ1v) is 3.70. The predicted molar refractivity (Wildman–Crippen MR) is 43.4 cm³/mol. The zero-order chi connectivity index (χ0) is 9.72. The van der Waals surface area contributed by atoms with Gasteiger partial charge in [-0.3, -0.25) is 0 Å². The summed E-state index contributed by atoms with van der Waals surface area (Å²) >= 11 is 0. The first kappa shape index (κ1) is 10.7. The van der Waals surface area contributed by atoms with Gasteiger partial charge in [-0.05, 0) is 20.8 Å². The fraction of sp³-hybridized carbons (Fsp3) is 0.714. The van der Waals surface area contributed by atoms with Gasteiger partial charge in [0.1, 0.15) is 6.04 Å². The molecule has 0 aromatic carbocycles. The fourth-order valence-corrected chi connectivity index (χ4v) is 0.607.